The number of aromatic hydroxyl groups is 1. The molecule has 4 N–H and O–H groups in total. The molecule has 1 atom stereocenters. The molecule has 8 nitrogen and oxygen atoms in total. The Morgan fingerprint density at radius 1 is 1.18 bits per heavy atom. The molecule has 1 aliphatic heterocycles. The number of hydrogen-bond acceptors (Lipinski definition) is 5. The van der Waals surface area contributed by atoms with Gasteiger partial charge in [-0.2, -0.15) is 13.2 Å². The highest BCUT2D eigenvalue weighted by Gasteiger charge is 2.33. The first-order chi connectivity index (χ1) is 15.5. The highest BCUT2D eigenvalue weighted by atomic mass is 19.4. The summed E-state index contributed by atoms with van der Waals surface area (Å²) >= 11 is 0. The van der Waals surface area contributed by atoms with Gasteiger partial charge in [-0.3, -0.25) is 19.0 Å². The van der Waals surface area contributed by atoms with Gasteiger partial charge in [-0.1, -0.05) is 12.1 Å². The molecule has 1 amide bonds. The van der Waals surface area contributed by atoms with E-state index in [1.165, 1.54) is 12.1 Å². The zero-order valence-corrected chi connectivity index (χ0v) is 16.5. The fraction of sp³-hybridized carbons (Fsp3) is 0.190. The fourth-order valence-electron chi connectivity index (χ4n) is 3.84. The number of nitrogens with one attached hydrogen (secondary N) is 2. The Hall–Kier alpha value is -4.09. The summed E-state index contributed by atoms with van der Waals surface area (Å²) in [5.41, 5.74) is -2.24. The molecule has 0 saturated heterocycles. The summed E-state index contributed by atoms with van der Waals surface area (Å²) in [6.07, 6.45) is -4.56. The first-order valence-corrected chi connectivity index (χ1v) is 9.50. The third-order valence-corrected chi connectivity index (χ3v) is 5.29. The number of pyridine rings is 1. The van der Waals surface area contributed by atoms with Gasteiger partial charge in [-0.25, -0.2) is 4.39 Å². The van der Waals surface area contributed by atoms with Crippen LogP contribution < -0.4 is 16.2 Å². The second-order valence-electron chi connectivity index (χ2n) is 7.34. The van der Waals surface area contributed by atoms with Crippen molar-refractivity contribution in [3.8, 4) is 5.75 Å². The minimum atomic E-state index is -4.56. The lowest BCUT2D eigenvalue weighted by Gasteiger charge is -2.30. The molecule has 33 heavy (non-hydrogen) atoms. The second-order valence-corrected chi connectivity index (χ2v) is 7.34. The van der Waals surface area contributed by atoms with Crippen LogP contribution in [0.2, 0.25) is 0 Å². The van der Waals surface area contributed by atoms with Crippen molar-refractivity contribution in [1.29, 1.82) is 0 Å². The van der Waals surface area contributed by atoms with E-state index in [0.717, 1.165) is 28.8 Å². The summed E-state index contributed by atoms with van der Waals surface area (Å²) in [7, 11) is 0. The molecule has 1 unspecified atom stereocenters. The van der Waals surface area contributed by atoms with Crippen LogP contribution in [0.1, 0.15) is 27.5 Å². The first-order valence-electron chi connectivity index (χ1n) is 9.50. The van der Waals surface area contributed by atoms with Gasteiger partial charge < -0.3 is 20.8 Å². The highest BCUT2D eigenvalue weighted by molar-refractivity contribution is 6.05. The van der Waals surface area contributed by atoms with E-state index in [1.807, 2.05) is 5.32 Å². The van der Waals surface area contributed by atoms with Crippen LogP contribution in [0.4, 0.5) is 23.2 Å². The average molecular weight is 465 g/mol. The van der Waals surface area contributed by atoms with Crippen molar-refractivity contribution < 1.29 is 37.4 Å². The minimum absolute atomic E-state index is 0.0300. The number of anilines is 1. The molecule has 3 aromatic rings. The number of rotatable bonds is 4. The summed E-state index contributed by atoms with van der Waals surface area (Å²) in [5.74, 6) is -4.22. The standard InChI is InChI=1S/C21H15F4N3O5/c22-11-5-12-17-13(6-11)26-7-14(9-1-3-10(4-2-9)21(23,24)25)28(17)20(33)16(18(12)31)19(32)27-8-15(29)30/h1-6,14,26,31H,7-8H2,(H,27,32)(H,29,30). The van der Waals surface area contributed by atoms with Gasteiger partial charge in [0.05, 0.1) is 22.8 Å². The number of hydrogen-bond donors (Lipinski definition) is 4. The van der Waals surface area contributed by atoms with E-state index in [2.05, 4.69) is 5.32 Å². The van der Waals surface area contributed by atoms with Crippen molar-refractivity contribution in [2.24, 2.45) is 0 Å². The Balaban J connectivity index is 1.94. The van der Waals surface area contributed by atoms with Crippen LogP contribution in [-0.2, 0) is 11.0 Å². The number of nitrogens with zero attached hydrogens (tertiary/aromatic N) is 1. The third-order valence-electron chi connectivity index (χ3n) is 5.29. The number of aliphatic carboxylic acids is 1. The number of halogens is 4. The van der Waals surface area contributed by atoms with Gasteiger partial charge in [0, 0.05) is 11.9 Å². The van der Waals surface area contributed by atoms with E-state index in [9.17, 15) is 37.1 Å². The molecule has 2 aromatic carbocycles. The number of carbonyl (C=O) groups excluding carboxylic acids is 1. The molecule has 1 aliphatic rings. The molecular weight excluding hydrogens is 450 g/mol. The number of benzene rings is 2. The Morgan fingerprint density at radius 2 is 1.85 bits per heavy atom. The number of amides is 1. The molecule has 12 heteroatoms. The maximum absolute atomic E-state index is 14.2. The van der Waals surface area contributed by atoms with E-state index in [1.54, 1.807) is 0 Å². The molecule has 0 fully saturated rings. The van der Waals surface area contributed by atoms with Crippen LogP contribution in [0.15, 0.2) is 41.2 Å². The summed E-state index contributed by atoms with van der Waals surface area (Å²) in [6.45, 7) is -0.869. The van der Waals surface area contributed by atoms with Crippen molar-refractivity contribution >= 4 is 28.5 Å². The van der Waals surface area contributed by atoms with Crippen LogP contribution in [0, 0.1) is 5.82 Å². The van der Waals surface area contributed by atoms with Gasteiger partial charge in [-0.15, -0.1) is 0 Å². The summed E-state index contributed by atoms with van der Waals surface area (Å²) in [6, 6.07) is 5.11. The number of carboxylic acids is 1. The predicted octanol–water partition coefficient (Wildman–Crippen LogP) is 2.69. The largest absolute Gasteiger partial charge is 0.506 e. The number of carbonyl (C=O) groups is 2. The van der Waals surface area contributed by atoms with Crippen LogP contribution in [0.5, 0.6) is 5.75 Å². The fourth-order valence-corrected chi connectivity index (χ4v) is 3.84. The Labute approximate surface area is 182 Å². The maximum Gasteiger partial charge on any atom is 0.416 e. The topological polar surface area (TPSA) is 121 Å². The molecule has 0 saturated carbocycles. The van der Waals surface area contributed by atoms with Crippen molar-refractivity contribution in [3.05, 3.63) is 69.3 Å². The maximum atomic E-state index is 14.2. The first kappa shape index (κ1) is 22.1. The molecule has 4 rings (SSSR count). The van der Waals surface area contributed by atoms with Crippen LogP contribution in [0.25, 0.3) is 10.9 Å². The SMILES string of the molecule is O=C(O)CNC(=O)c1c(O)c2cc(F)cc3c2n(c1=O)C(c1ccc(C(F)(F)F)cc1)CN3. The van der Waals surface area contributed by atoms with Gasteiger partial charge in [-0.05, 0) is 29.8 Å². The molecule has 0 spiro atoms. The third kappa shape index (κ3) is 3.83. The Morgan fingerprint density at radius 3 is 2.45 bits per heavy atom. The lowest BCUT2D eigenvalue weighted by molar-refractivity contribution is -0.138. The van der Waals surface area contributed by atoms with Crippen molar-refractivity contribution in [3.63, 3.8) is 0 Å². The highest BCUT2D eigenvalue weighted by Crippen LogP contribution is 2.38. The molecule has 0 radical (unpaired) electrons. The van der Waals surface area contributed by atoms with Crippen LogP contribution in [0.3, 0.4) is 0 Å². The second kappa shape index (κ2) is 7.80. The van der Waals surface area contributed by atoms with E-state index in [-0.39, 0.29) is 28.7 Å². The van der Waals surface area contributed by atoms with Crippen molar-refractivity contribution in [2.75, 3.05) is 18.4 Å². The van der Waals surface area contributed by atoms with Gasteiger partial charge in [0.2, 0.25) is 0 Å². The average Bonchev–Trinajstić information content (AvgIpc) is 2.75. The molecule has 172 valence electrons. The molecule has 1 aromatic heterocycles. The smallest absolute Gasteiger partial charge is 0.416 e. The van der Waals surface area contributed by atoms with Crippen LogP contribution in [-0.4, -0.2) is 39.7 Å². The normalized spacial score (nSPS) is 15.2. The number of carboxylic acid groups (broad SMARTS) is 1. The number of aromatic nitrogens is 1. The minimum Gasteiger partial charge on any atom is -0.506 e. The summed E-state index contributed by atoms with van der Waals surface area (Å²) < 4.78 is 54.1. The van der Waals surface area contributed by atoms with E-state index >= 15 is 0 Å². The summed E-state index contributed by atoms with van der Waals surface area (Å²) in [4.78, 5) is 36.6. The van der Waals surface area contributed by atoms with Gasteiger partial charge in [0.15, 0.2) is 0 Å². The molecule has 2 heterocycles. The van der Waals surface area contributed by atoms with E-state index < -0.39 is 58.9 Å². The molecule has 0 bridgehead atoms. The zero-order chi connectivity index (χ0) is 24.1. The van der Waals surface area contributed by atoms with Crippen molar-refractivity contribution in [1.82, 2.24) is 9.88 Å². The predicted molar refractivity (Wildman–Crippen MR) is 108 cm³/mol. The van der Waals surface area contributed by atoms with Gasteiger partial charge in [0.1, 0.15) is 23.7 Å². The van der Waals surface area contributed by atoms with Gasteiger partial charge >= 0.3 is 12.1 Å². The lowest BCUT2D eigenvalue weighted by atomic mass is 9.99. The van der Waals surface area contributed by atoms with E-state index in [4.69, 9.17) is 5.11 Å². The molecule has 0 aliphatic carbocycles. The Kier molecular flexibility index (Phi) is 5.23. The zero-order valence-electron chi connectivity index (χ0n) is 16.5. The quantitative estimate of drug-likeness (QED) is 0.440. The van der Waals surface area contributed by atoms with Gasteiger partial charge in [0.25, 0.3) is 11.5 Å². The number of alkyl halides is 3. The molecular formula is C21H15F4N3O5. The summed E-state index contributed by atoms with van der Waals surface area (Å²) in [5, 5.41) is 24.0. The van der Waals surface area contributed by atoms with Crippen LogP contribution >= 0.6 is 0 Å². The monoisotopic (exact) mass is 465 g/mol. The van der Waals surface area contributed by atoms with Crippen molar-refractivity contribution in [2.45, 2.75) is 12.2 Å². The lowest BCUT2D eigenvalue weighted by Crippen LogP contribution is -2.40. The van der Waals surface area contributed by atoms with E-state index in [0.29, 0.717) is 0 Å². The Bertz CT molecular complexity index is 1350.